The van der Waals surface area contributed by atoms with Gasteiger partial charge in [0.1, 0.15) is 18.2 Å². The Labute approximate surface area is 101 Å². The number of likely N-dealkylation sites (tertiary alicyclic amines) is 1. The van der Waals surface area contributed by atoms with Crippen molar-refractivity contribution in [1.82, 2.24) is 15.1 Å². The van der Waals surface area contributed by atoms with Gasteiger partial charge in [-0.15, -0.1) is 5.10 Å². The third-order valence-electron chi connectivity index (χ3n) is 3.14. The number of nitriles is 1. The predicted octanol–water partition coefficient (Wildman–Crippen LogP) is 1.21. The lowest BCUT2D eigenvalue weighted by molar-refractivity contribution is 0.122. The SMILES string of the molecule is CN1CCCCC1COc1nnccc1C#N. The predicted molar refractivity (Wildman–Crippen MR) is 62.5 cm³/mol. The molecule has 1 aliphatic rings. The van der Waals surface area contributed by atoms with Crippen molar-refractivity contribution in [3.63, 3.8) is 0 Å². The molecule has 1 fully saturated rings. The van der Waals surface area contributed by atoms with E-state index >= 15 is 0 Å². The standard InChI is InChI=1S/C12H16N4O/c1-16-7-3-2-4-11(16)9-17-12-10(8-13)5-6-14-15-12/h5-6,11H,2-4,7,9H2,1H3. The zero-order chi connectivity index (χ0) is 12.1. The van der Waals surface area contributed by atoms with E-state index in [4.69, 9.17) is 10.00 Å². The number of aromatic nitrogens is 2. The fourth-order valence-electron chi connectivity index (χ4n) is 2.04. The molecule has 1 aliphatic heterocycles. The molecule has 1 aromatic heterocycles. The third-order valence-corrected chi connectivity index (χ3v) is 3.14. The Morgan fingerprint density at radius 1 is 1.59 bits per heavy atom. The molecule has 0 aliphatic carbocycles. The lowest BCUT2D eigenvalue weighted by Crippen LogP contribution is -2.40. The molecule has 0 spiro atoms. The molecule has 1 atom stereocenters. The maximum absolute atomic E-state index is 8.90. The highest BCUT2D eigenvalue weighted by Crippen LogP contribution is 2.17. The van der Waals surface area contributed by atoms with Gasteiger partial charge in [0.05, 0.1) is 6.20 Å². The maximum Gasteiger partial charge on any atom is 0.251 e. The first-order valence-electron chi connectivity index (χ1n) is 5.86. The molecular formula is C12H16N4O. The largest absolute Gasteiger partial charge is 0.474 e. The van der Waals surface area contributed by atoms with Gasteiger partial charge in [0.2, 0.25) is 0 Å². The van der Waals surface area contributed by atoms with Crippen molar-refractivity contribution in [2.75, 3.05) is 20.2 Å². The summed E-state index contributed by atoms with van der Waals surface area (Å²) in [6.07, 6.45) is 5.13. The smallest absolute Gasteiger partial charge is 0.251 e. The minimum Gasteiger partial charge on any atom is -0.474 e. The Kier molecular flexibility index (Phi) is 3.89. The molecule has 0 saturated carbocycles. The molecule has 17 heavy (non-hydrogen) atoms. The van der Waals surface area contributed by atoms with Crippen LogP contribution in [0.5, 0.6) is 5.88 Å². The third kappa shape index (κ3) is 2.92. The van der Waals surface area contributed by atoms with Crippen molar-refractivity contribution >= 4 is 0 Å². The Morgan fingerprint density at radius 2 is 2.47 bits per heavy atom. The summed E-state index contributed by atoms with van der Waals surface area (Å²) < 4.78 is 5.60. The summed E-state index contributed by atoms with van der Waals surface area (Å²) in [5, 5.41) is 16.5. The summed E-state index contributed by atoms with van der Waals surface area (Å²) in [6.45, 7) is 1.68. The van der Waals surface area contributed by atoms with Crippen molar-refractivity contribution in [3.8, 4) is 11.9 Å². The van der Waals surface area contributed by atoms with E-state index in [0.29, 0.717) is 24.1 Å². The van der Waals surface area contributed by atoms with Crippen LogP contribution >= 0.6 is 0 Å². The average Bonchev–Trinajstić information content (AvgIpc) is 2.38. The lowest BCUT2D eigenvalue weighted by Gasteiger charge is -2.31. The Morgan fingerprint density at radius 3 is 3.24 bits per heavy atom. The number of piperidine rings is 1. The molecule has 5 heteroatoms. The van der Waals surface area contributed by atoms with E-state index in [2.05, 4.69) is 28.2 Å². The second-order valence-electron chi connectivity index (χ2n) is 4.30. The van der Waals surface area contributed by atoms with Crippen LogP contribution in [0.4, 0.5) is 0 Å². The minimum absolute atomic E-state index is 0.342. The number of hydrogen-bond donors (Lipinski definition) is 0. The van der Waals surface area contributed by atoms with E-state index < -0.39 is 0 Å². The first-order valence-corrected chi connectivity index (χ1v) is 5.86. The average molecular weight is 232 g/mol. The molecule has 2 rings (SSSR count). The first kappa shape index (κ1) is 11.8. The van der Waals surface area contributed by atoms with Gasteiger partial charge in [0.15, 0.2) is 0 Å². The summed E-state index contributed by atoms with van der Waals surface area (Å²) in [5.74, 6) is 0.342. The van der Waals surface area contributed by atoms with Crippen LogP contribution in [0.3, 0.4) is 0 Å². The second kappa shape index (κ2) is 5.60. The van der Waals surface area contributed by atoms with Crippen LogP contribution in [0.1, 0.15) is 24.8 Å². The van der Waals surface area contributed by atoms with Crippen LogP contribution in [-0.4, -0.2) is 41.3 Å². The van der Waals surface area contributed by atoms with Crippen molar-refractivity contribution < 1.29 is 4.74 Å². The summed E-state index contributed by atoms with van der Waals surface area (Å²) in [6, 6.07) is 4.09. The van der Waals surface area contributed by atoms with Crippen LogP contribution in [-0.2, 0) is 0 Å². The molecule has 5 nitrogen and oxygen atoms in total. The molecular weight excluding hydrogens is 216 g/mol. The van der Waals surface area contributed by atoms with E-state index in [1.54, 1.807) is 6.07 Å². The van der Waals surface area contributed by atoms with Crippen LogP contribution in [0.25, 0.3) is 0 Å². The normalized spacial score (nSPS) is 20.8. The fraction of sp³-hybridized carbons (Fsp3) is 0.583. The van der Waals surface area contributed by atoms with E-state index in [-0.39, 0.29) is 0 Å². The van der Waals surface area contributed by atoms with E-state index in [1.165, 1.54) is 19.0 Å². The molecule has 0 N–H and O–H groups in total. The molecule has 1 saturated heterocycles. The Bertz CT molecular complexity index is 415. The van der Waals surface area contributed by atoms with E-state index in [1.807, 2.05) is 0 Å². The van der Waals surface area contributed by atoms with Gasteiger partial charge < -0.3 is 9.64 Å². The second-order valence-corrected chi connectivity index (χ2v) is 4.30. The molecule has 2 heterocycles. The summed E-state index contributed by atoms with van der Waals surface area (Å²) >= 11 is 0. The van der Waals surface area contributed by atoms with Gasteiger partial charge in [-0.25, -0.2) is 0 Å². The summed E-state index contributed by atoms with van der Waals surface area (Å²) in [5.41, 5.74) is 0.443. The molecule has 0 radical (unpaired) electrons. The van der Waals surface area contributed by atoms with Gasteiger partial charge in [-0.3, -0.25) is 0 Å². The topological polar surface area (TPSA) is 62.0 Å². The van der Waals surface area contributed by atoms with Gasteiger partial charge in [0, 0.05) is 6.04 Å². The number of nitrogens with zero attached hydrogens (tertiary/aromatic N) is 4. The zero-order valence-corrected chi connectivity index (χ0v) is 9.96. The van der Waals surface area contributed by atoms with Gasteiger partial charge in [-0.2, -0.15) is 10.4 Å². The molecule has 1 unspecified atom stereocenters. The van der Waals surface area contributed by atoms with Crippen molar-refractivity contribution in [3.05, 3.63) is 17.8 Å². The highest BCUT2D eigenvalue weighted by molar-refractivity contribution is 5.35. The van der Waals surface area contributed by atoms with Crippen molar-refractivity contribution in [2.45, 2.75) is 25.3 Å². The first-order chi connectivity index (χ1) is 8.31. The van der Waals surface area contributed by atoms with Gasteiger partial charge in [-0.1, -0.05) is 6.42 Å². The van der Waals surface area contributed by atoms with Crippen LogP contribution in [0.2, 0.25) is 0 Å². The number of hydrogen-bond acceptors (Lipinski definition) is 5. The highest BCUT2D eigenvalue weighted by Gasteiger charge is 2.20. The number of likely N-dealkylation sites (N-methyl/N-ethyl adjacent to an activating group) is 1. The molecule has 0 amide bonds. The van der Waals surface area contributed by atoms with Crippen LogP contribution in [0.15, 0.2) is 12.3 Å². The minimum atomic E-state index is 0.342. The molecule has 1 aromatic rings. The van der Waals surface area contributed by atoms with Crippen molar-refractivity contribution in [2.24, 2.45) is 0 Å². The van der Waals surface area contributed by atoms with E-state index in [9.17, 15) is 0 Å². The number of ether oxygens (including phenoxy) is 1. The zero-order valence-electron chi connectivity index (χ0n) is 9.96. The quantitative estimate of drug-likeness (QED) is 0.784. The molecule has 0 bridgehead atoms. The van der Waals surface area contributed by atoms with E-state index in [0.717, 1.165) is 13.0 Å². The number of rotatable bonds is 3. The Hall–Kier alpha value is -1.67. The monoisotopic (exact) mass is 232 g/mol. The van der Waals surface area contributed by atoms with Gasteiger partial charge >= 0.3 is 0 Å². The summed E-state index contributed by atoms with van der Waals surface area (Å²) in [4.78, 5) is 2.30. The maximum atomic E-state index is 8.90. The summed E-state index contributed by atoms with van der Waals surface area (Å²) in [7, 11) is 2.11. The van der Waals surface area contributed by atoms with Crippen LogP contribution in [0, 0.1) is 11.3 Å². The Balaban J connectivity index is 1.95. The molecule has 0 aromatic carbocycles. The van der Waals surface area contributed by atoms with Crippen molar-refractivity contribution in [1.29, 1.82) is 5.26 Å². The fourth-order valence-corrected chi connectivity index (χ4v) is 2.04. The highest BCUT2D eigenvalue weighted by atomic mass is 16.5. The van der Waals surface area contributed by atoms with Crippen LogP contribution < -0.4 is 4.74 Å². The lowest BCUT2D eigenvalue weighted by atomic mass is 10.0. The van der Waals surface area contributed by atoms with Gasteiger partial charge in [-0.05, 0) is 32.5 Å². The molecule has 90 valence electrons. The van der Waals surface area contributed by atoms with Gasteiger partial charge in [0.25, 0.3) is 5.88 Å².